The van der Waals surface area contributed by atoms with Gasteiger partial charge in [0.25, 0.3) is 5.91 Å². The minimum Gasteiger partial charge on any atom is -0.492 e. The van der Waals surface area contributed by atoms with Gasteiger partial charge in [-0.05, 0) is 74.2 Å². The predicted octanol–water partition coefficient (Wildman–Crippen LogP) is 5.34. The second kappa shape index (κ2) is 16.2. The first-order chi connectivity index (χ1) is 21.1. The first kappa shape index (κ1) is 31.5. The molecule has 0 radical (unpaired) electrons. The third-order valence-corrected chi connectivity index (χ3v) is 8.99. The molecule has 43 heavy (non-hydrogen) atoms. The van der Waals surface area contributed by atoms with Crippen molar-refractivity contribution in [2.75, 3.05) is 70.5 Å². The van der Waals surface area contributed by atoms with Gasteiger partial charge in [-0.1, -0.05) is 43.9 Å². The molecule has 0 atom stereocenters. The number of hydrogen-bond acceptors (Lipinski definition) is 6. The molecular weight excluding hydrogens is 540 g/mol. The fourth-order valence-electron chi connectivity index (χ4n) is 6.50. The van der Waals surface area contributed by atoms with Crippen molar-refractivity contribution >= 4 is 17.5 Å². The molecule has 234 valence electrons. The number of benzene rings is 2. The zero-order chi connectivity index (χ0) is 29.9. The van der Waals surface area contributed by atoms with Crippen molar-refractivity contribution < 1.29 is 19.1 Å². The minimum atomic E-state index is 0.0104. The lowest BCUT2D eigenvalue weighted by Gasteiger charge is -2.30. The van der Waals surface area contributed by atoms with Crippen molar-refractivity contribution in [3.8, 4) is 5.75 Å². The van der Waals surface area contributed by atoms with Crippen molar-refractivity contribution in [3.05, 3.63) is 59.2 Å². The van der Waals surface area contributed by atoms with Gasteiger partial charge in [0.2, 0.25) is 5.91 Å². The Bertz CT molecular complexity index is 1190. The highest BCUT2D eigenvalue weighted by Crippen LogP contribution is 2.28. The van der Waals surface area contributed by atoms with Gasteiger partial charge in [-0.25, -0.2) is 0 Å². The molecule has 0 unspecified atom stereocenters. The Hall–Kier alpha value is -2.94. The Kier molecular flexibility index (Phi) is 11.9. The maximum absolute atomic E-state index is 14.0. The fourth-order valence-corrected chi connectivity index (χ4v) is 6.50. The van der Waals surface area contributed by atoms with Crippen LogP contribution in [0.15, 0.2) is 42.5 Å². The standard InChI is InChI=1S/C35H50N4O4/c1-29(40)39-18-9-4-2-3-8-17-38(28-32-14-13-30(25-34(32)39)27-37-19-22-42-23-20-37)35(41)31-11-10-12-33(26-31)43-24-21-36-15-6-5-7-16-36/h10-14,25-26H,2-9,15-24,27-28H2,1H3. The first-order valence-corrected chi connectivity index (χ1v) is 16.5. The average Bonchev–Trinajstić information content (AvgIpc) is 3.02. The third kappa shape index (κ3) is 9.27. The molecule has 8 nitrogen and oxygen atoms in total. The Morgan fingerprint density at radius 3 is 2.30 bits per heavy atom. The quantitative estimate of drug-likeness (QED) is 0.434. The van der Waals surface area contributed by atoms with Crippen LogP contribution < -0.4 is 9.64 Å². The van der Waals surface area contributed by atoms with Gasteiger partial charge in [-0.2, -0.15) is 0 Å². The van der Waals surface area contributed by atoms with Gasteiger partial charge in [0, 0.05) is 64.0 Å². The van der Waals surface area contributed by atoms with E-state index in [0.29, 0.717) is 31.8 Å². The average molecular weight is 591 g/mol. The van der Waals surface area contributed by atoms with Crippen molar-refractivity contribution in [2.24, 2.45) is 0 Å². The lowest BCUT2D eigenvalue weighted by Crippen LogP contribution is -2.36. The monoisotopic (exact) mass is 590 g/mol. The van der Waals surface area contributed by atoms with Crippen LogP contribution >= 0.6 is 0 Å². The van der Waals surface area contributed by atoms with Gasteiger partial charge < -0.3 is 19.3 Å². The number of fused-ring (bicyclic) bond motifs is 1. The molecule has 0 aromatic heterocycles. The zero-order valence-electron chi connectivity index (χ0n) is 26.1. The Labute approximate surface area is 257 Å². The number of amides is 2. The van der Waals surface area contributed by atoms with Crippen molar-refractivity contribution in [3.63, 3.8) is 0 Å². The molecule has 0 aliphatic carbocycles. The molecule has 5 rings (SSSR count). The maximum atomic E-state index is 14.0. The number of anilines is 1. The largest absolute Gasteiger partial charge is 0.492 e. The van der Waals surface area contributed by atoms with Crippen LogP contribution in [0.2, 0.25) is 0 Å². The van der Waals surface area contributed by atoms with Crippen molar-refractivity contribution in [1.82, 2.24) is 14.7 Å². The van der Waals surface area contributed by atoms with Crippen LogP contribution in [0.4, 0.5) is 5.69 Å². The predicted molar refractivity (Wildman–Crippen MR) is 171 cm³/mol. The summed E-state index contributed by atoms with van der Waals surface area (Å²) in [4.78, 5) is 35.7. The molecule has 2 aromatic carbocycles. The summed E-state index contributed by atoms with van der Waals surface area (Å²) in [7, 11) is 0. The molecule has 2 fully saturated rings. The summed E-state index contributed by atoms with van der Waals surface area (Å²) < 4.78 is 11.6. The SMILES string of the molecule is CC(=O)N1CCCCCCCN(C(=O)c2cccc(OCCN3CCCCC3)c2)Cc2ccc(CN3CCOCC3)cc21. The molecular formula is C35H50N4O4. The molecule has 2 aromatic rings. The smallest absolute Gasteiger partial charge is 0.254 e. The summed E-state index contributed by atoms with van der Waals surface area (Å²) in [6.45, 7) is 11.5. The van der Waals surface area contributed by atoms with E-state index in [-0.39, 0.29) is 11.8 Å². The van der Waals surface area contributed by atoms with Gasteiger partial charge >= 0.3 is 0 Å². The van der Waals surface area contributed by atoms with E-state index >= 15 is 0 Å². The topological polar surface area (TPSA) is 65.6 Å². The van der Waals surface area contributed by atoms with Crippen molar-refractivity contribution in [2.45, 2.75) is 71.4 Å². The van der Waals surface area contributed by atoms with Crippen LogP contribution in [0.25, 0.3) is 0 Å². The van der Waals surface area contributed by atoms with E-state index in [2.05, 4.69) is 28.0 Å². The molecule has 8 heteroatoms. The minimum absolute atomic E-state index is 0.0104. The number of piperidine rings is 1. The second-order valence-electron chi connectivity index (χ2n) is 12.3. The van der Waals surface area contributed by atoms with Crippen LogP contribution in [0, 0.1) is 0 Å². The highest BCUT2D eigenvalue weighted by atomic mass is 16.5. The number of carbonyl (C=O) groups excluding carboxylic acids is 2. The second-order valence-corrected chi connectivity index (χ2v) is 12.3. The molecule has 0 bridgehead atoms. The van der Waals surface area contributed by atoms with Crippen LogP contribution in [0.5, 0.6) is 5.75 Å². The summed E-state index contributed by atoms with van der Waals surface area (Å²) in [5.74, 6) is 0.804. The van der Waals surface area contributed by atoms with Gasteiger partial charge in [-0.15, -0.1) is 0 Å². The van der Waals surface area contributed by atoms with E-state index in [9.17, 15) is 9.59 Å². The zero-order valence-corrected chi connectivity index (χ0v) is 26.1. The van der Waals surface area contributed by atoms with E-state index < -0.39 is 0 Å². The summed E-state index contributed by atoms with van der Waals surface area (Å²) in [5, 5.41) is 0. The Balaban J connectivity index is 1.34. The van der Waals surface area contributed by atoms with Gasteiger partial charge in [0.05, 0.1) is 13.2 Å². The molecule has 0 N–H and O–H groups in total. The Morgan fingerprint density at radius 1 is 0.791 bits per heavy atom. The van der Waals surface area contributed by atoms with Crippen molar-refractivity contribution in [1.29, 1.82) is 0 Å². The summed E-state index contributed by atoms with van der Waals surface area (Å²) in [6, 6.07) is 14.1. The van der Waals surface area contributed by atoms with Crippen LogP contribution in [-0.4, -0.2) is 92.1 Å². The highest BCUT2D eigenvalue weighted by Gasteiger charge is 2.23. The van der Waals surface area contributed by atoms with Crippen LogP contribution in [0.3, 0.4) is 0 Å². The normalized spacial score (nSPS) is 19.7. The molecule has 3 aliphatic rings. The number of ether oxygens (including phenoxy) is 2. The number of likely N-dealkylation sites (tertiary alicyclic amines) is 1. The summed E-state index contributed by atoms with van der Waals surface area (Å²) in [6.07, 6.45) is 9.08. The lowest BCUT2D eigenvalue weighted by molar-refractivity contribution is -0.116. The number of rotatable bonds is 7. The van der Waals surface area contributed by atoms with E-state index in [1.54, 1.807) is 6.92 Å². The maximum Gasteiger partial charge on any atom is 0.254 e. The van der Waals surface area contributed by atoms with E-state index in [4.69, 9.17) is 9.47 Å². The number of morpholine rings is 1. The molecule has 0 spiro atoms. The summed E-state index contributed by atoms with van der Waals surface area (Å²) in [5.41, 5.74) is 3.79. The van der Waals surface area contributed by atoms with Gasteiger partial charge in [-0.3, -0.25) is 19.4 Å². The molecule has 3 heterocycles. The Morgan fingerprint density at radius 2 is 1.51 bits per heavy atom. The molecule has 2 amide bonds. The van der Waals surface area contributed by atoms with E-state index in [1.165, 1.54) is 24.8 Å². The molecule has 0 saturated carbocycles. The van der Waals surface area contributed by atoms with E-state index in [1.807, 2.05) is 34.1 Å². The van der Waals surface area contributed by atoms with Gasteiger partial charge in [0.1, 0.15) is 12.4 Å². The van der Waals surface area contributed by atoms with Gasteiger partial charge in [0.15, 0.2) is 0 Å². The van der Waals surface area contributed by atoms with Crippen LogP contribution in [-0.2, 0) is 22.6 Å². The number of carbonyl (C=O) groups is 2. The third-order valence-electron chi connectivity index (χ3n) is 8.99. The number of hydrogen-bond donors (Lipinski definition) is 0. The lowest BCUT2D eigenvalue weighted by atomic mass is 10.0. The molecule has 3 aliphatic heterocycles. The highest BCUT2D eigenvalue weighted by molar-refractivity contribution is 5.95. The summed E-state index contributed by atoms with van der Waals surface area (Å²) >= 11 is 0. The molecule has 2 saturated heterocycles. The number of nitrogens with zero attached hydrogens (tertiary/aromatic N) is 4. The van der Waals surface area contributed by atoms with Crippen LogP contribution in [0.1, 0.15) is 79.8 Å². The fraction of sp³-hybridized carbons (Fsp3) is 0.600. The van der Waals surface area contributed by atoms with E-state index in [0.717, 1.165) is 102 Å². The first-order valence-electron chi connectivity index (χ1n) is 16.5.